The van der Waals surface area contributed by atoms with E-state index in [9.17, 15) is 4.79 Å². The number of nitrogens with one attached hydrogen (secondary N) is 1. The van der Waals surface area contributed by atoms with E-state index < -0.39 is 0 Å². The van der Waals surface area contributed by atoms with E-state index in [1.807, 2.05) is 6.07 Å². The molecule has 0 bridgehead atoms. The van der Waals surface area contributed by atoms with Crippen molar-refractivity contribution in [2.24, 2.45) is 0 Å². The smallest absolute Gasteiger partial charge is 0.141 e. The molecule has 1 heterocycles. The van der Waals surface area contributed by atoms with E-state index in [4.69, 9.17) is 0 Å². The van der Waals surface area contributed by atoms with Gasteiger partial charge in [-0.15, -0.1) is 0 Å². The minimum Gasteiger partial charge on any atom is -0.303 e. The number of fused-ring (bicyclic) bond motifs is 2. The lowest BCUT2D eigenvalue weighted by molar-refractivity contribution is -0.110. The number of hydrogen-bond acceptors (Lipinski definition) is 2. The van der Waals surface area contributed by atoms with Gasteiger partial charge in [0.25, 0.3) is 0 Å². The van der Waals surface area contributed by atoms with Crippen LogP contribution in [0, 0.1) is 0 Å². The Hall–Kier alpha value is -0.670. The molecular formula is C13H14BrNO. The van der Waals surface area contributed by atoms with Gasteiger partial charge in [0.2, 0.25) is 0 Å². The van der Waals surface area contributed by atoms with Crippen LogP contribution in [0.2, 0.25) is 0 Å². The molecule has 0 amide bonds. The van der Waals surface area contributed by atoms with Crippen molar-refractivity contribution in [2.75, 3.05) is 6.54 Å². The zero-order valence-corrected chi connectivity index (χ0v) is 10.6. The molecule has 0 saturated heterocycles. The summed E-state index contributed by atoms with van der Waals surface area (Å²) in [5, 5.41) is 3.35. The minimum absolute atomic E-state index is 0.116. The third-order valence-electron chi connectivity index (χ3n) is 4.03. The van der Waals surface area contributed by atoms with Gasteiger partial charge in [0.1, 0.15) is 6.29 Å². The summed E-state index contributed by atoms with van der Waals surface area (Å²) in [4.78, 5) is 11.1. The van der Waals surface area contributed by atoms with E-state index >= 15 is 0 Å². The third kappa shape index (κ3) is 1.38. The van der Waals surface area contributed by atoms with Gasteiger partial charge in [-0.25, -0.2) is 0 Å². The Kier molecular flexibility index (Phi) is 2.41. The second-order valence-corrected chi connectivity index (χ2v) is 5.78. The number of hydrogen-bond donors (Lipinski definition) is 1. The van der Waals surface area contributed by atoms with Crippen molar-refractivity contribution >= 4 is 22.2 Å². The average molecular weight is 280 g/mol. The molecule has 0 aromatic heterocycles. The first kappa shape index (κ1) is 10.5. The van der Waals surface area contributed by atoms with Gasteiger partial charge in [-0.05, 0) is 36.1 Å². The summed E-state index contributed by atoms with van der Waals surface area (Å²) in [7, 11) is 0. The van der Waals surface area contributed by atoms with E-state index in [-0.39, 0.29) is 6.04 Å². The fourth-order valence-electron chi connectivity index (χ4n) is 2.94. The molecule has 16 heavy (non-hydrogen) atoms. The molecule has 1 aliphatic carbocycles. The van der Waals surface area contributed by atoms with Crippen molar-refractivity contribution in [1.29, 1.82) is 0 Å². The van der Waals surface area contributed by atoms with Gasteiger partial charge in [0.05, 0.1) is 6.04 Å². The number of benzene rings is 1. The summed E-state index contributed by atoms with van der Waals surface area (Å²) >= 11 is 3.53. The first-order valence-electron chi connectivity index (χ1n) is 5.74. The highest BCUT2D eigenvalue weighted by atomic mass is 79.9. The highest BCUT2D eigenvalue weighted by Crippen LogP contribution is 2.48. The van der Waals surface area contributed by atoms with Crippen LogP contribution in [0.25, 0.3) is 0 Å². The van der Waals surface area contributed by atoms with Crippen molar-refractivity contribution in [1.82, 2.24) is 5.32 Å². The predicted octanol–water partition coefficient (Wildman–Crippen LogP) is 2.71. The van der Waals surface area contributed by atoms with E-state index in [0.717, 1.165) is 17.3 Å². The molecule has 0 radical (unpaired) electrons. The van der Waals surface area contributed by atoms with Crippen molar-refractivity contribution < 1.29 is 4.79 Å². The molecule has 3 heteroatoms. The van der Waals surface area contributed by atoms with Crippen LogP contribution in [0.4, 0.5) is 0 Å². The zero-order chi connectivity index (χ0) is 11.2. The maximum atomic E-state index is 11.1. The Morgan fingerprint density at radius 2 is 2.25 bits per heavy atom. The summed E-state index contributed by atoms with van der Waals surface area (Å²) in [5.41, 5.74) is 2.85. The minimum atomic E-state index is -0.116. The molecule has 1 N–H and O–H groups in total. The summed E-state index contributed by atoms with van der Waals surface area (Å²) in [6, 6.07) is 6.18. The van der Waals surface area contributed by atoms with Crippen molar-refractivity contribution in [2.45, 2.75) is 30.7 Å². The zero-order valence-electron chi connectivity index (χ0n) is 9.00. The Balaban J connectivity index is 2.14. The molecular weight excluding hydrogens is 266 g/mol. The number of carbonyl (C=O) groups excluding carboxylic acids is 1. The predicted molar refractivity (Wildman–Crippen MR) is 66.5 cm³/mol. The lowest BCUT2D eigenvalue weighted by atomic mass is 9.61. The molecule has 1 aliphatic heterocycles. The number of rotatable bonds is 1. The maximum absolute atomic E-state index is 11.1. The van der Waals surface area contributed by atoms with Crippen molar-refractivity contribution in [3.05, 3.63) is 33.8 Å². The Labute approximate surface area is 104 Å². The molecule has 2 nitrogen and oxygen atoms in total. The SMILES string of the molecule is O=CC1NCC2(CCC2)c2cc(Br)ccc21. The summed E-state index contributed by atoms with van der Waals surface area (Å²) in [6.07, 6.45) is 4.81. The Bertz CT molecular complexity index is 440. The lowest BCUT2D eigenvalue weighted by Gasteiger charge is -2.48. The first-order valence-corrected chi connectivity index (χ1v) is 6.53. The van der Waals surface area contributed by atoms with Gasteiger partial charge < -0.3 is 10.1 Å². The van der Waals surface area contributed by atoms with Crippen LogP contribution < -0.4 is 5.32 Å². The van der Waals surface area contributed by atoms with E-state index in [0.29, 0.717) is 5.41 Å². The van der Waals surface area contributed by atoms with Crippen LogP contribution in [-0.2, 0) is 10.2 Å². The van der Waals surface area contributed by atoms with Crippen molar-refractivity contribution in [3.8, 4) is 0 Å². The van der Waals surface area contributed by atoms with E-state index in [1.54, 1.807) is 0 Å². The molecule has 3 rings (SSSR count). The summed E-state index contributed by atoms with van der Waals surface area (Å²) in [5.74, 6) is 0. The molecule has 2 aliphatic rings. The third-order valence-corrected chi connectivity index (χ3v) is 4.52. The lowest BCUT2D eigenvalue weighted by Crippen LogP contribution is -2.49. The van der Waals surface area contributed by atoms with Gasteiger partial charge in [0, 0.05) is 16.4 Å². The van der Waals surface area contributed by atoms with Crippen LogP contribution in [0.5, 0.6) is 0 Å². The first-order chi connectivity index (χ1) is 7.75. The molecule has 1 saturated carbocycles. The van der Waals surface area contributed by atoms with Crippen LogP contribution >= 0.6 is 15.9 Å². The molecule has 1 fully saturated rings. The van der Waals surface area contributed by atoms with Crippen LogP contribution in [0.1, 0.15) is 36.4 Å². The topological polar surface area (TPSA) is 29.1 Å². The second-order valence-electron chi connectivity index (χ2n) is 4.86. The quantitative estimate of drug-likeness (QED) is 0.801. The maximum Gasteiger partial charge on any atom is 0.141 e. The highest BCUT2D eigenvalue weighted by Gasteiger charge is 2.43. The van der Waals surface area contributed by atoms with Crippen LogP contribution in [-0.4, -0.2) is 12.8 Å². The number of carbonyl (C=O) groups is 1. The monoisotopic (exact) mass is 279 g/mol. The van der Waals surface area contributed by atoms with Gasteiger partial charge in [-0.1, -0.05) is 28.4 Å². The molecule has 1 unspecified atom stereocenters. The van der Waals surface area contributed by atoms with Gasteiger partial charge >= 0.3 is 0 Å². The van der Waals surface area contributed by atoms with E-state index in [2.05, 4.69) is 33.4 Å². The summed E-state index contributed by atoms with van der Waals surface area (Å²) < 4.78 is 1.11. The van der Waals surface area contributed by atoms with Gasteiger partial charge in [0.15, 0.2) is 0 Å². The fraction of sp³-hybridized carbons (Fsp3) is 0.462. The summed E-state index contributed by atoms with van der Waals surface area (Å²) in [6.45, 7) is 0.944. The van der Waals surface area contributed by atoms with Gasteiger partial charge in [-0.3, -0.25) is 0 Å². The second kappa shape index (κ2) is 3.67. The van der Waals surface area contributed by atoms with E-state index in [1.165, 1.54) is 30.4 Å². The largest absolute Gasteiger partial charge is 0.303 e. The Morgan fingerprint density at radius 3 is 2.88 bits per heavy atom. The number of aldehydes is 1. The molecule has 1 aromatic carbocycles. The standard InChI is InChI=1S/C13H14BrNO/c14-9-2-3-10-11(6-9)13(4-1-5-13)8-15-12(10)7-16/h2-3,6-7,12,15H,1,4-5,8H2. The molecule has 1 aromatic rings. The Morgan fingerprint density at radius 1 is 1.44 bits per heavy atom. The van der Waals surface area contributed by atoms with Gasteiger partial charge in [-0.2, -0.15) is 0 Å². The highest BCUT2D eigenvalue weighted by molar-refractivity contribution is 9.10. The molecule has 1 atom stereocenters. The molecule has 84 valence electrons. The average Bonchev–Trinajstić information content (AvgIpc) is 2.25. The fourth-order valence-corrected chi connectivity index (χ4v) is 3.30. The molecule has 1 spiro atoms. The van der Waals surface area contributed by atoms with Crippen LogP contribution in [0.15, 0.2) is 22.7 Å². The number of halogens is 1. The normalized spacial score (nSPS) is 25.9. The van der Waals surface area contributed by atoms with Crippen molar-refractivity contribution in [3.63, 3.8) is 0 Å². The van der Waals surface area contributed by atoms with Crippen LogP contribution in [0.3, 0.4) is 0 Å².